The topological polar surface area (TPSA) is 86.8 Å². The van der Waals surface area contributed by atoms with Crippen LogP contribution < -0.4 is 9.62 Å². The zero-order chi connectivity index (χ0) is 28.6. The average molecular weight is 591 g/mol. The predicted octanol–water partition coefficient (Wildman–Crippen LogP) is 5.83. The third-order valence-corrected chi connectivity index (χ3v) is 8.57. The van der Waals surface area contributed by atoms with Crippen molar-refractivity contribution < 1.29 is 18.0 Å². The molecule has 0 aliphatic heterocycles. The summed E-state index contributed by atoms with van der Waals surface area (Å²) >= 11 is 12.5. The summed E-state index contributed by atoms with van der Waals surface area (Å²) in [6, 6.07) is 18.9. The maximum atomic E-state index is 13.9. The van der Waals surface area contributed by atoms with Crippen LogP contribution >= 0.6 is 23.2 Å². The minimum atomic E-state index is -4.20. The number of anilines is 1. The second-order valence-electron chi connectivity index (χ2n) is 9.25. The summed E-state index contributed by atoms with van der Waals surface area (Å²) in [5, 5.41) is 3.27. The zero-order valence-corrected chi connectivity index (χ0v) is 24.6. The van der Waals surface area contributed by atoms with E-state index in [-0.39, 0.29) is 28.1 Å². The summed E-state index contributed by atoms with van der Waals surface area (Å²) in [6.07, 6.45) is 1.72. The van der Waals surface area contributed by atoms with Crippen molar-refractivity contribution in [2.75, 3.05) is 17.4 Å². The molecule has 7 nitrogen and oxygen atoms in total. The number of carbonyl (C=O) groups is 2. The highest BCUT2D eigenvalue weighted by molar-refractivity contribution is 7.92. The van der Waals surface area contributed by atoms with Gasteiger partial charge in [-0.05, 0) is 56.2 Å². The monoisotopic (exact) mass is 589 g/mol. The lowest BCUT2D eigenvalue weighted by Gasteiger charge is -2.32. The highest BCUT2D eigenvalue weighted by atomic mass is 35.5. The van der Waals surface area contributed by atoms with E-state index < -0.39 is 28.5 Å². The lowest BCUT2D eigenvalue weighted by atomic mass is 10.1. The van der Waals surface area contributed by atoms with Gasteiger partial charge >= 0.3 is 0 Å². The van der Waals surface area contributed by atoms with Crippen molar-refractivity contribution in [3.8, 4) is 0 Å². The zero-order valence-electron chi connectivity index (χ0n) is 22.2. The number of nitrogens with zero attached hydrogens (tertiary/aromatic N) is 2. The number of unbranched alkanes of at least 4 members (excludes halogenated alkanes) is 1. The Balaban J connectivity index is 2.01. The van der Waals surface area contributed by atoms with Crippen LogP contribution in [0.1, 0.15) is 37.8 Å². The molecule has 1 atom stereocenters. The highest BCUT2D eigenvalue weighted by Gasteiger charge is 2.33. The van der Waals surface area contributed by atoms with E-state index in [4.69, 9.17) is 23.2 Å². The van der Waals surface area contributed by atoms with E-state index >= 15 is 0 Å². The van der Waals surface area contributed by atoms with Crippen molar-refractivity contribution in [3.05, 3.63) is 94.0 Å². The van der Waals surface area contributed by atoms with Gasteiger partial charge in [0.15, 0.2) is 0 Å². The summed E-state index contributed by atoms with van der Waals surface area (Å²) in [5.74, 6) is -0.870. The summed E-state index contributed by atoms with van der Waals surface area (Å²) in [4.78, 5) is 28.3. The Morgan fingerprint density at radius 3 is 2.26 bits per heavy atom. The van der Waals surface area contributed by atoms with Gasteiger partial charge in [0, 0.05) is 18.1 Å². The van der Waals surface area contributed by atoms with Crippen LogP contribution in [0.4, 0.5) is 5.69 Å². The molecule has 0 aliphatic carbocycles. The summed E-state index contributed by atoms with van der Waals surface area (Å²) in [6.45, 7) is 5.65. The van der Waals surface area contributed by atoms with Crippen molar-refractivity contribution in [2.45, 2.75) is 51.1 Å². The molecule has 0 bridgehead atoms. The highest BCUT2D eigenvalue weighted by Crippen LogP contribution is 2.33. The number of benzene rings is 3. The fourth-order valence-corrected chi connectivity index (χ4v) is 5.94. The SMILES string of the molecule is CCCCNC(=O)[C@@H](C)N(Cc1ccc(C)cc1)C(=O)CN(c1ccc(Cl)cc1Cl)S(=O)(=O)c1ccccc1. The van der Waals surface area contributed by atoms with Gasteiger partial charge in [0.1, 0.15) is 12.6 Å². The first-order valence-corrected chi connectivity index (χ1v) is 14.9. The van der Waals surface area contributed by atoms with Gasteiger partial charge in [-0.3, -0.25) is 13.9 Å². The van der Waals surface area contributed by atoms with Crippen molar-refractivity contribution in [1.82, 2.24) is 10.2 Å². The van der Waals surface area contributed by atoms with Crippen LogP contribution in [-0.4, -0.2) is 44.3 Å². The van der Waals surface area contributed by atoms with Crippen molar-refractivity contribution >= 4 is 50.7 Å². The molecular weight excluding hydrogens is 557 g/mol. The van der Waals surface area contributed by atoms with Crippen LogP contribution in [0.2, 0.25) is 10.0 Å². The van der Waals surface area contributed by atoms with Gasteiger partial charge in [0.25, 0.3) is 10.0 Å². The van der Waals surface area contributed by atoms with Gasteiger partial charge in [0.05, 0.1) is 15.6 Å². The molecule has 3 rings (SSSR count). The molecule has 0 saturated carbocycles. The van der Waals surface area contributed by atoms with Gasteiger partial charge in [-0.1, -0.05) is 84.6 Å². The Morgan fingerprint density at radius 1 is 0.974 bits per heavy atom. The molecular formula is C29H33Cl2N3O4S. The van der Waals surface area contributed by atoms with E-state index in [9.17, 15) is 18.0 Å². The molecule has 0 fully saturated rings. The maximum Gasteiger partial charge on any atom is 0.264 e. The summed E-state index contributed by atoms with van der Waals surface area (Å²) in [7, 11) is -4.20. The molecule has 39 heavy (non-hydrogen) atoms. The standard InChI is InChI=1S/C29H33Cl2N3O4S/c1-4-5-17-32-29(36)22(3)33(19-23-13-11-21(2)12-14-23)28(35)20-34(27-16-15-24(30)18-26(27)31)39(37,38)25-9-7-6-8-10-25/h6-16,18,22H,4-5,17,19-20H2,1-3H3,(H,32,36)/t22-/m1/s1. The molecule has 208 valence electrons. The van der Waals surface area contributed by atoms with Crippen molar-refractivity contribution in [2.24, 2.45) is 0 Å². The number of nitrogens with one attached hydrogen (secondary N) is 1. The Hall–Kier alpha value is -3.07. The van der Waals surface area contributed by atoms with E-state index in [1.165, 1.54) is 35.2 Å². The van der Waals surface area contributed by atoms with Crippen LogP contribution in [0, 0.1) is 6.92 Å². The lowest BCUT2D eigenvalue weighted by Crippen LogP contribution is -2.51. The summed E-state index contributed by atoms with van der Waals surface area (Å²) < 4.78 is 28.5. The van der Waals surface area contributed by atoms with Gasteiger partial charge in [0.2, 0.25) is 11.8 Å². The maximum absolute atomic E-state index is 13.9. The quantitative estimate of drug-likeness (QED) is 0.269. The second-order valence-corrected chi connectivity index (χ2v) is 12.0. The van der Waals surface area contributed by atoms with Crippen molar-refractivity contribution in [3.63, 3.8) is 0 Å². The molecule has 0 saturated heterocycles. The Morgan fingerprint density at radius 2 is 1.64 bits per heavy atom. The Kier molecular flexibility index (Phi) is 10.8. The molecule has 10 heteroatoms. The lowest BCUT2D eigenvalue weighted by molar-refractivity contribution is -0.139. The Bertz CT molecular complexity index is 1380. The number of hydrogen-bond donors (Lipinski definition) is 1. The van der Waals surface area contributed by atoms with Crippen LogP contribution in [-0.2, 0) is 26.2 Å². The van der Waals surface area contributed by atoms with Gasteiger partial charge in [-0.2, -0.15) is 0 Å². The third-order valence-electron chi connectivity index (χ3n) is 6.26. The molecule has 1 N–H and O–H groups in total. The Labute approximate surface area is 240 Å². The molecule has 3 aromatic carbocycles. The minimum Gasteiger partial charge on any atom is -0.354 e. The number of sulfonamides is 1. The van der Waals surface area contributed by atoms with E-state index in [0.717, 1.165) is 28.3 Å². The van der Waals surface area contributed by atoms with Gasteiger partial charge in [-0.15, -0.1) is 0 Å². The summed E-state index contributed by atoms with van der Waals surface area (Å²) in [5.41, 5.74) is 1.97. The smallest absolute Gasteiger partial charge is 0.264 e. The largest absolute Gasteiger partial charge is 0.354 e. The normalized spacial score (nSPS) is 12.0. The number of amides is 2. The first-order valence-electron chi connectivity index (χ1n) is 12.7. The minimum absolute atomic E-state index is 0.000687. The van der Waals surface area contributed by atoms with E-state index in [2.05, 4.69) is 5.32 Å². The van der Waals surface area contributed by atoms with Crippen LogP contribution in [0.15, 0.2) is 77.7 Å². The number of halogens is 2. The molecule has 0 radical (unpaired) electrons. The molecule has 2 amide bonds. The third kappa shape index (κ3) is 7.97. The first kappa shape index (κ1) is 30.5. The number of carbonyl (C=O) groups excluding carboxylic acids is 2. The number of aryl methyl sites for hydroxylation is 1. The van der Waals surface area contributed by atoms with Gasteiger partial charge < -0.3 is 10.2 Å². The van der Waals surface area contributed by atoms with Crippen molar-refractivity contribution in [1.29, 1.82) is 0 Å². The first-order chi connectivity index (χ1) is 18.5. The second kappa shape index (κ2) is 13.8. The van der Waals surface area contributed by atoms with Crippen LogP contribution in [0.25, 0.3) is 0 Å². The molecule has 0 spiro atoms. The molecule has 0 aromatic heterocycles. The molecule has 0 aliphatic rings. The fraction of sp³-hybridized carbons (Fsp3) is 0.310. The van der Waals surface area contributed by atoms with E-state index in [0.29, 0.717) is 11.6 Å². The average Bonchev–Trinajstić information content (AvgIpc) is 2.91. The van der Waals surface area contributed by atoms with Crippen LogP contribution in [0.3, 0.4) is 0 Å². The predicted molar refractivity (Wildman–Crippen MR) is 157 cm³/mol. The molecule has 3 aromatic rings. The van der Waals surface area contributed by atoms with Crippen LogP contribution in [0.5, 0.6) is 0 Å². The van der Waals surface area contributed by atoms with E-state index in [1.807, 2.05) is 38.1 Å². The molecule has 0 heterocycles. The number of hydrogen-bond acceptors (Lipinski definition) is 4. The number of rotatable bonds is 12. The van der Waals surface area contributed by atoms with E-state index in [1.54, 1.807) is 25.1 Å². The molecule has 0 unspecified atom stereocenters. The van der Waals surface area contributed by atoms with Gasteiger partial charge in [-0.25, -0.2) is 8.42 Å². The fourth-order valence-electron chi connectivity index (χ4n) is 3.93.